The highest BCUT2D eigenvalue weighted by Gasteiger charge is 2.25. The highest BCUT2D eigenvalue weighted by atomic mass is 32.2. The Hall–Kier alpha value is -1.15. The molecule has 0 aliphatic carbocycles. The normalized spacial score (nSPS) is 12.4. The van der Waals surface area contributed by atoms with Gasteiger partial charge in [-0.25, -0.2) is 8.42 Å². The predicted octanol–water partition coefficient (Wildman–Crippen LogP) is 3.40. The third-order valence-corrected chi connectivity index (χ3v) is 6.35. The molecule has 6 nitrogen and oxygen atoms in total. The van der Waals surface area contributed by atoms with E-state index in [1.165, 1.54) is 0 Å². The van der Waals surface area contributed by atoms with Crippen LogP contribution in [0.2, 0.25) is 0 Å². The van der Waals surface area contributed by atoms with Crippen molar-refractivity contribution < 1.29 is 13.3 Å². The monoisotopic (exact) mass is 334 g/mol. The van der Waals surface area contributed by atoms with Gasteiger partial charge in [-0.2, -0.15) is 0 Å². The van der Waals surface area contributed by atoms with Crippen molar-refractivity contribution in [1.29, 1.82) is 0 Å². The summed E-state index contributed by atoms with van der Waals surface area (Å²) < 4.78 is 23.1. The minimum absolute atomic E-state index is 0.0161. The molecule has 8 heteroatoms. The summed E-state index contributed by atoms with van der Waals surface area (Å²) in [5.41, 5.74) is -0.174. The summed E-state index contributed by atoms with van der Waals surface area (Å²) in [6.45, 7) is 9.02. The van der Waals surface area contributed by atoms with Crippen LogP contribution < -0.4 is 5.32 Å². The molecule has 0 radical (unpaired) electrons. The Morgan fingerprint density at radius 3 is 2.19 bits per heavy atom. The second kappa shape index (κ2) is 6.74. The molecule has 0 aliphatic heterocycles. The van der Waals surface area contributed by atoms with Crippen LogP contribution in [0.4, 0.5) is 10.7 Å². The van der Waals surface area contributed by atoms with E-state index in [4.69, 9.17) is 0 Å². The van der Waals surface area contributed by atoms with Crippen molar-refractivity contribution >= 4 is 31.9 Å². The lowest BCUT2D eigenvalue weighted by Gasteiger charge is -2.25. The third kappa shape index (κ3) is 4.67. The summed E-state index contributed by atoms with van der Waals surface area (Å²) in [4.78, 5) is 10.5. The summed E-state index contributed by atoms with van der Waals surface area (Å²) >= 11 is 0.919. The maximum absolute atomic E-state index is 11.5. The van der Waals surface area contributed by atoms with Crippen LogP contribution in [-0.2, 0) is 9.84 Å². The largest absolute Gasteiger partial charge is 0.371 e. The van der Waals surface area contributed by atoms with E-state index < -0.39 is 14.8 Å². The van der Waals surface area contributed by atoms with Gasteiger partial charge in [-0.1, -0.05) is 39.0 Å². The topological polar surface area (TPSA) is 89.3 Å². The van der Waals surface area contributed by atoms with Crippen molar-refractivity contribution in [3.63, 3.8) is 0 Å². The number of hydrogen-bond acceptors (Lipinski definition) is 6. The number of nitrogens with one attached hydrogen (secondary N) is 1. The highest BCUT2D eigenvalue weighted by Crippen LogP contribution is 2.37. The summed E-state index contributed by atoms with van der Waals surface area (Å²) in [5.74, 6) is 1.23. The van der Waals surface area contributed by atoms with Crippen LogP contribution in [-0.4, -0.2) is 26.1 Å². The molecule has 1 aromatic rings. The Balaban J connectivity index is 3.02. The van der Waals surface area contributed by atoms with Crippen LogP contribution in [0.1, 0.15) is 27.7 Å². The predicted molar refractivity (Wildman–Crippen MR) is 85.7 cm³/mol. The van der Waals surface area contributed by atoms with Gasteiger partial charge in [0.2, 0.25) is 0 Å². The zero-order valence-corrected chi connectivity index (χ0v) is 14.5. The fraction of sp³-hybridized carbons (Fsp3) is 0.692. The summed E-state index contributed by atoms with van der Waals surface area (Å²) in [6, 6.07) is 1.13. The first kappa shape index (κ1) is 17.9. The lowest BCUT2D eigenvalue weighted by molar-refractivity contribution is -0.383. The van der Waals surface area contributed by atoms with E-state index in [2.05, 4.69) is 33.0 Å². The van der Waals surface area contributed by atoms with Gasteiger partial charge in [-0.3, -0.25) is 10.1 Å². The van der Waals surface area contributed by atoms with E-state index in [1.54, 1.807) is 0 Å². The maximum Gasteiger partial charge on any atom is 0.304 e. The number of nitrogens with zero attached hydrogens (tertiary/aromatic N) is 1. The van der Waals surface area contributed by atoms with Crippen molar-refractivity contribution in [2.75, 3.05) is 18.1 Å². The lowest BCUT2D eigenvalue weighted by atomic mass is 9.85. The van der Waals surface area contributed by atoms with Gasteiger partial charge in [0.05, 0.1) is 4.92 Å². The molecule has 0 spiro atoms. The smallest absolute Gasteiger partial charge is 0.304 e. The van der Waals surface area contributed by atoms with Crippen molar-refractivity contribution in [1.82, 2.24) is 0 Å². The average molecular weight is 334 g/mol. The minimum Gasteiger partial charge on any atom is -0.371 e. The molecular formula is C13H22N2O4S2. The molecule has 0 fully saturated rings. The van der Waals surface area contributed by atoms with Crippen LogP contribution in [0.15, 0.2) is 10.3 Å². The number of anilines is 1. The Kier molecular flexibility index (Phi) is 5.75. The van der Waals surface area contributed by atoms with Crippen molar-refractivity contribution in [2.24, 2.45) is 17.8 Å². The van der Waals surface area contributed by atoms with Crippen LogP contribution in [0.25, 0.3) is 0 Å². The Morgan fingerprint density at radius 1 is 1.29 bits per heavy atom. The molecule has 120 valence electrons. The molecule has 0 saturated carbocycles. The lowest BCUT2D eigenvalue weighted by Crippen LogP contribution is -2.24. The van der Waals surface area contributed by atoms with Crippen LogP contribution in [0.5, 0.6) is 0 Å². The highest BCUT2D eigenvalue weighted by molar-refractivity contribution is 7.92. The summed E-state index contributed by atoms with van der Waals surface area (Å²) in [7, 11) is -3.44. The molecule has 0 aliphatic rings. The number of rotatable bonds is 7. The van der Waals surface area contributed by atoms with Gasteiger partial charge in [0.25, 0.3) is 0 Å². The molecule has 0 unspecified atom stereocenters. The van der Waals surface area contributed by atoms with Gasteiger partial charge in [-0.15, -0.1) is 0 Å². The molecule has 1 N–H and O–H groups in total. The zero-order valence-electron chi connectivity index (χ0n) is 12.9. The first-order chi connectivity index (χ1) is 9.54. The van der Waals surface area contributed by atoms with Crippen molar-refractivity contribution in [3.05, 3.63) is 16.2 Å². The van der Waals surface area contributed by atoms with Crippen molar-refractivity contribution in [2.45, 2.75) is 31.9 Å². The molecule has 1 aromatic heterocycles. The van der Waals surface area contributed by atoms with Gasteiger partial charge in [-0.05, 0) is 17.8 Å². The van der Waals surface area contributed by atoms with Gasteiger partial charge >= 0.3 is 5.69 Å². The number of sulfone groups is 1. The Morgan fingerprint density at radius 2 is 1.81 bits per heavy atom. The van der Waals surface area contributed by atoms with Gasteiger partial charge in [0.15, 0.2) is 14.8 Å². The summed E-state index contributed by atoms with van der Waals surface area (Å²) in [6.07, 6.45) is 1.05. The number of thiophene rings is 1. The van der Waals surface area contributed by atoms with E-state index >= 15 is 0 Å². The quantitative estimate of drug-likeness (QED) is 0.610. The van der Waals surface area contributed by atoms with Gasteiger partial charge < -0.3 is 5.32 Å². The van der Waals surface area contributed by atoms with E-state index in [0.29, 0.717) is 29.3 Å². The van der Waals surface area contributed by atoms with Gasteiger partial charge in [0, 0.05) is 18.9 Å². The fourth-order valence-corrected chi connectivity index (χ4v) is 4.20. The molecule has 0 saturated heterocycles. The Labute approximate surface area is 129 Å². The van der Waals surface area contributed by atoms with Crippen LogP contribution >= 0.6 is 11.3 Å². The summed E-state index contributed by atoms with van der Waals surface area (Å²) in [5, 5.41) is 14.4. The molecule has 1 heterocycles. The third-order valence-electron chi connectivity index (χ3n) is 3.46. The molecular weight excluding hydrogens is 312 g/mol. The average Bonchev–Trinajstić information content (AvgIpc) is 2.72. The van der Waals surface area contributed by atoms with E-state index in [-0.39, 0.29) is 9.90 Å². The van der Waals surface area contributed by atoms with E-state index in [0.717, 1.165) is 23.7 Å². The van der Waals surface area contributed by atoms with Crippen molar-refractivity contribution in [3.8, 4) is 0 Å². The molecule has 0 amide bonds. The first-order valence-electron chi connectivity index (χ1n) is 6.76. The zero-order chi connectivity index (χ0) is 16.4. The fourth-order valence-electron chi connectivity index (χ4n) is 2.26. The second-order valence-electron chi connectivity index (χ2n) is 5.84. The first-order valence-corrected chi connectivity index (χ1v) is 9.47. The Bertz CT molecular complexity index is 598. The standard InChI is InChI=1S/C13H22N2O4S2/c1-8(2)10(9(3)4)7-14-13-11(15(16)17)6-12(20-13)21(5,18)19/h6,8-10,14H,7H2,1-5H3. The number of nitro groups is 1. The minimum atomic E-state index is -3.44. The molecule has 1 rings (SSSR count). The van der Waals surface area contributed by atoms with Gasteiger partial charge in [0.1, 0.15) is 4.21 Å². The van der Waals surface area contributed by atoms with E-state index in [9.17, 15) is 18.5 Å². The molecule has 0 bridgehead atoms. The molecule has 21 heavy (non-hydrogen) atoms. The second-order valence-corrected chi connectivity index (χ2v) is 9.14. The van der Waals surface area contributed by atoms with Crippen LogP contribution in [0.3, 0.4) is 0 Å². The van der Waals surface area contributed by atoms with Crippen LogP contribution in [0, 0.1) is 27.9 Å². The molecule has 0 aromatic carbocycles. The SMILES string of the molecule is CC(C)C(CNc1sc(S(C)(=O)=O)cc1[N+](=O)[O-])C(C)C. The van der Waals surface area contributed by atoms with E-state index in [1.807, 2.05) is 0 Å². The molecule has 0 atom stereocenters. The maximum atomic E-state index is 11.5. The number of hydrogen-bond donors (Lipinski definition) is 1.